The third kappa shape index (κ3) is 4.19. The number of aromatic nitrogens is 5. The molecule has 2 N–H and O–H groups in total. The molecule has 3 aromatic rings. The van der Waals surface area contributed by atoms with E-state index in [4.69, 9.17) is 4.52 Å². The van der Waals surface area contributed by atoms with E-state index in [2.05, 4.69) is 46.3 Å². The van der Waals surface area contributed by atoms with Gasteiger partial charge in [-0.25, -0.2) is 4.52 Å². The number of H-pyrrole nitrogens is 1. The number of fused-ring (bicyclic) bond motifs is 1. The minimum Gasteiger partial charge on any atom is -0.334 e. The summed E-state index contributed by atoms with van der Waals surface area (Å²) in [5.74, 6) is 1.27. The maximum Gasteiger partial charge on any atom is 0.263 e. The van der Waals surface area contributed by atoms with Crippen molar-refractivity contribution in [3.63, 3.8) is 0 Å². The molecule has 1 aliphatic heterocycles. The van der Waals surface area contributed by atoms with E-state index in [1.165, 1.54) is 0 Å². The topological polar surface area (TPSA) is 101 Å². The summed E-state index contributed by atoms with van der Waals surface area (Å²) in [7, 11) is 0. The van der Waals surface area contributed by atoms with Gasteiger partial charge in [-0.15, -0.1) is 0 Å². The maximum atomic E-state index is 12.5. The Morgan fingerprint density at radius 1 is 1.23 bits per heavy atom. The Balaban J connectivity index is 1.71. The predicted octanol–water partition coefficient (Wildman–Crippen LogP) is 3.64. The van der Waals surface area contributed by atoms with Crippen LogP contribution in [0.1, 0.15) is 78.2 Å². The number of rotatable bonds is 3. The van der Waals surface area contributed by atoms with Crippen LogP contribution >= 0.6 is 0 Å². The molecule has 1 fully saturated rings. The Morgan fingerprint density at radius 2 is 2.00 bits per heavy atom. The van der Waals surface area contributed by atoms with Gasteiger partial charge in [0.05, 0.1) is 11.9 Å². The highest BCUT2D eigenvalue weighted by Gasteiger charge is 2.29. The second kappa shape index (κ2) is 7.34. The van der Waals surface area contributed by atoms with Gasteiger partial charge in [-0.1, -0.05) is 46.7 Å². The van der Waals surface area contributed by atoms with E-state index in [1.54, 1.807) is 12.3 Å². The minimum absolute atomic E-state index is 0.138. The molecule has 4 heterocycles. The van der Waals surface area contributed by atoms with Gasteiger partial charge in [-0.05, 0) is 31.2 Å². The van der Waals surface area contributed by atoms with Crippen LogP contribution in [-0.2, 0) is 5.41 Å². The quantitative estimate of drug-likeness (QED) is 0.681. The molecule has 8 nitrogen and oxygen atoms in total. The van der Waals surface area contributed by atoms with Gasteiger partial charge in [0.2, 0.25) is 0 Å². The van der Waals surface area contributed by atoms with E-state index in [0.29, 0.717) is 29.0 Å². The second-order valence-corrected chi connectivity index (χ2v) is 10.7. The fourth-order valence-corrected chi connectivity index (χ4v) is 4.27. The van der Waals surface area contributed by atoms with Crippen LogP contribution in [0.2, 0.25) is 0 Å². The van der Waals surface area contributed by atoms with Crippen molar-refractivity contribution in [2.45, 2.75) is 78.2 Å². The van der Waals surface area contributed by atoms with E-state index in [-0.39, 0.29) is 22.3 Å². The Labute approximate surface area is 176 Å². The van der Waals surface area contributed by atoms with Crippen molar-refractivity contribution >= 4 is 5.65 Å². The highest BCUT2D eigenvalue weighted by atomic mass is 16.5. The average molecular weight is 413 g/mol. The highest BCUT2D eigenvalue weighted by molar-refractivity contribution is 5.71. The van der Waals surface area contributed by atoms with Crippen LogP contribution in [0.5, 0.6) is 0 Å². The van der Waals surface area contributed by atoms with E-state index in [1.807, 2.05) is 25.3 Å². The Kier molecular flexibility index (Phi) is 5.08. The molecule has 0 aliphatic carbocycles. The lowest BCUT2D eigenvalue weighted by atomic mass is 9.81. The molecule has 0 amide bonds. The number of piperidine rings is 1. The zero-order valence-corrected chi connectivity index (χ0v) is 18.7. The molecular formula is C22H32N6O2. The second-order valence-electron chi connectivity index (χ2n) is 10.7. The molecule has 0 bridgehead atoms. The highest BCUT2D eigenvalue weighted by Crippen LogP contribution is 2.33. The molecule has 0 radical (unpaired) electrons. The third-order valence-corrected chi connectivity index (χ3v) is 5.63. The lowest BCUT2D eigenvalue weighted by Crippen LogP contribution is -2.40. The van der Waals surface area contributed by atoms with Crippen LogP contribution in [0, 0.1) is 5.41 Å². The average Bonchev–Trinajstić information content (AvgIpc) is 3.26. The fraction of sp³-hybridized carbons (Fsp3) is 0.636. The third-order valence-electron chi connectivity index (χ3n) is 5.63. The Hall–Kier alpha value is -2.48. The van der Waals surface area contributed by atoms with Crippen molar-refractivity contribution in [3.8, 4) is 11.5 Å². The number of aromatic amines is 1. The molecular weight excluding hydrogens is 380 g/mol. The first-order valence-electron chi connectivity index (χ1n) is 10.7. The van der Waals surface area contributed by atoms with Gasteiger partial charge in [0.1, 0.15) is 11.2 Å². The van der Waals surface area contributed by atoms with E-state index in [9.17, 15) is 4.79 Å². The first-order chi connectivity index (χ1) is 14.0. The SMILES string of the molecule is CC(C)(C)CC1CC(c2cc(=O)[nH]c3c(-c4nc(C(C)(C)C)no4)cnn23)CCN1. The number of hydrogen-bond donors (Lipinski definition) is 2. The number of nitrogens with zero attached hydrogens (tertiary/aromatic N) is 4. The largest absolute Gasteiger partial charge is 0.334 e. The molecule has 0 spiro atoms. The molecule has 3 aromatic heterocycles. The van der Waals surface area contributed by atoms with Gasteiger partial charge >= 0.3 is 0 Å². The van der Waals surface area contributed by atoms with Crippen LogP contribution in [0.3, 0.4) is 0 Å². The molecule has 162 valence electrons. The van der Waals surface area contributed by atoms with Crippen LogP contribution in [0.15, 0.2) is 21.6 Å². The van der Waals surface area contributed by atoms with Crippen LogP contribution < -0.4 is 10.9 Å². The summed E-state index contributed by atoms with van der Waals surface area (Å²) in [5.41, 5.74) is 2.09. The van der Waals surface area contributed by atoms with Gasteiger partial charge in [-0.2, -0.15) is 10.1 Å². The molecule has 2 atom stereocenters. The Bertz CT molecular complexity index is 1100. The summed E-state index contributed by atoms with van der Waals surface area (Å²) in [6, 6.07) is 2.11. The van der Waals surface area contributed by atoms with Crippen molar-refractivity contribution in [3.05, 3.63) is 34.1 Å². The summed E-state index contributed by atoms with van der Waals surface area (Å²) < 4.78 is 7.33. The lowest BCUT2D eigenvalue weighted by molar-refractivity contribution is 0.257. The number of hydrogen-bond acceptors (Lipinski definition) is 6. The van der Waals surface area contributed by atoms with Crippen molar-refractivity contribution in [1.29, 1.82) is 0 Å². The molecule has 4 rings (SSSR count). The maximum absolute atomic E-state index is 12.5. The smallest absolute Gasteiger partial charge is 0.263 e. The standard InChI is InChI=1S/C22H32N6O2/c1-21(2,3)11-14-9-13(7-8-23-14)16-10-17(29)25-18-15(12-24-28(16)18)19-26-20(27-30-19)22(4,5)6/h10,12-14,23H,7-9,11H2,1-6H3,(H,25,29). The molecule has 2 unspecified atom stereocenters. The lowest BCUT2D eigenvalue weighted by Gasteiger charge is -2.34. The molecule has 1 saturated heterocycles. The molecule has 30 heavy (non-hydrogen) atoms. The summed E-state index contributed by atoms with van der Waals surface area (Å²) in [6.07, 6.45) is 4.75. The van der Waals surface area contributed by atoms with Gasteiger partial charge in [0.15, 0.2) is 5.82 Å². The van der Waals surface area contributed by atoms with E-state index < -0.39 is 0 Å². The minimum atomic E-state index is -0.222. The van der Waals surface area contributed by atoms with Gasteiger partial charge in [0.25, 0.3) is 11.4 Å². The van der Waals surface area contributed by atoms with Crippen molar-refractivity contribution in [1.82, 2.24) is 30.1 Å². The van der Waals surface area contributed by atoms with E-state index >= 15 is 0 Å². The van der Waals surface area contributed by atoms with Crippen molar-refractivity contribution in [2.24, 2.45) is 5.41 Å². The van der Waals surface area contributed by atoms with Crippen LogP contribution in [0.4, 0.5) is 0 Å². The zero-order valence-electron chi connectivity index (χ0n) is 18.7. The molecule has 1 aliphatic rings. The van der Waals surface area contributed by atoms with Crippen LogP contribution in [-0.4, -0.2) is 37.3 Å². The monoisotopic (exact) mass is 412 g/mol. The summed E-state index contributed by atoms with van der Waals surface area (Å²) in [4.78, 5) is 20.0. The zero-order chi connectivity index (χ0) is 21.7. The summed E-state index contributed by atoms with van der Waals surface area (Å²) in [6.45, 7) is 13.8. The predicted molar refractivity (Wildman–Crippen MR) is 116 cm³/mol. The summed E-state index contributed by atoms with van der Waals surface area (Å²) in [5, 5.41) is 12.3. The molecule has 0 aromatic carbocycles. The van der Waals surface area contributed by atoms with Gasteiger partial charge in [-0.3, -0.25) is 4.79 Å². The Morgan fingerprint density at radius 3 is 2.67 bits per heavy atom. The normalized spacial score (nSPS) is 20.7. The summed E-state index contributed by atoms with van der Waals surface area (Å²) >= 11 is 0. The van der Waals surface area contributed by atoms with Crippen molar-refractivity contribution in [2.75, 3.05) is 6.54 Å². The van der Waals surface area contributed by atoms with Crippen molar-refractivity contribution < 1.29 is 4.52 Å². The molecule has 0 saturated carbocycles. The van der Waals surface area contributed by atoms with Gasteiger partial charge < -0.3 is 14.8 Å². The number of nitrogens with one attached hydrogen (secondary N) is 2. The fourth-order valence-electron chi connectivity index (χ4n) is 4.27. The first-order valence-corrected chi connectivity index (χ1v) is 10.7. The van der Waals surface area contributed by atoms with E-state index in [0.717, 1.165) is 31.5 Å². The van der Waals surface area contributed by atoms with Gasteiger partial charge in [0, 0.05) is 23.4 Å². The molecule has 8 heteroatoms. The first kappa shape index (κ1) is 20.8. The van der Waals surface area contributed by atoms with Crippen LogP contribution in [0.25, 0.3) is 17.1 Å².